The van der Waals surface area contributed by atoms with Gasteiger partial charge in [-0.25, -0.2) is 0 Å². The molecular formula is C19H24N4O4. The lowest BCUT2D eigenvalue weighted by atomic mass is 9.76. The summed E-state index contributed by atoms with van der Waals surface area (Å²) in [5.74, 6) is -0.829. The SMILES string of the molecule is CCOCCN1C[C@]23C=C[C@H](O2)[C@H](C(=O)N2CCc4[nH]ncc4C2)[C@@H]3C1=O. The van der Waals surface area contributed by atoms with E-state index in [9.17, 15) is 9.59 Å². The van der Waals surface area contributed by atoms with E-state index in [1.165, 1.54) is 0 Å². The molecule has 5 heterocycles. The first kappa shape index (κ1) is 16.9. The first-order valence-electron chi connectivity index (χ1n) is 9.66. The van der Waals surface area contributed by atoms with E-state index in [4.69, 9.17) is 9.47 Å². The molecule has 27 heavy (non-hydrogen) atoms. The van der Waals surface area contributed by atoms with Gasteiger partial charge in [-0.3, -0.25) is 14.7 Å². The lowest BCUT2D eigenvalue weighted by Crippen LogP contribution is -2.47. The minimum atomic E-state index is -0.648. The number of amides is 2. The Bertz CT molecular complexity index is 805. The second kappa shape index (κ2) is 6.17. The summed E-state index contributed by atoms with van der Waals surface area (Å²) in [6.45, 7) is 5.29. The predicted octanol–water partition coefficient (Wildman–Crippen LogP) is 0.113. The topological polar surface area (TPSA) is 87.8 Å². The van der Waals surface area contributed by atoms with Gasteiger partial charge in [0.2, 0.25) is 11.8 Å². The van der Waals surface area contributed by atoms with Crippen molar-refractivity contribution < 1.29 is 19.1 Å². The lowest BCUT2D eigenvalue weighted by molar-refractivity contribution is -0.144. The molecule has 144 valence electrons. The zero-order valence-electron chi connectivity index (χ0n) is 15.4. The number of carbonyl (C=O) groups excluding carboxylic acids is 2. The van der Waals surface area contributed by atoms with Crippen LogP contribution in [0.3, 0.4) is 0 Å². The molecule has 8 nitrogen and oxygen atoms in total. The van der Waals surface area contributed by atoms with E-state index in [2.05, 4.69) is 10.2 Å². The van der Waals surface area contributed by atoms with Gasteiger partial charge in [-0.15, -0.1) is 0 Å². The minimum Gasteiger partial charge on any atom is -0.380 e. The number of rotatable bonds is 5. The number of aromatic amines is 1. The molecule has 2 bridgehead atoms. The number of fused-ring (bicyclic) bond motifs is 2. The minimum absolute atomic E-state index is 0.0147. The molecule has 2 fully saturated rings. The maximum atomic E-state index is 13.4. The molecule has 0 aromatic carbocycles. The lowest BCUT2D eigenvalue weighted by Gasteiger charge is -2.32. The number of nitrogens with one attached hydrogen (secondary N) is 1. The molecule has 1 aromatic rings. The van der Waals surface area contributed by atoms with Gasteiger partial charge < -0.3 is 19.3 Å². The first-order valence-corrected chi connectivity index (χ1v) is 9.66. The normalized spacial score (nSPS) is 33.7. The van der Waals surface area contributed by atoms with Crippen LogP contribution in [0.5, 0.6) is 0 Å². The summed E-state index contributed by atoms with van der Waals surface area (Å²) >= 11 is 0. The molecule has 0 radical (unpaired) electrons. The molecule has 5 rings (SSSR count). The third kappa shape index (κ3) is 2.46. The van der Waals surface area contributed by atoms with Gasteiger partial charge in [0.05, 0.1) is 37.3 Å². The number of likely N-dealkylation sites (tertiary alicyclic amines) is 1. The number of aromatic nitrogens is 2. The Morgan fingerprint density at radius 3 is 3.26 bits per heavy atom. The van der Waals surface area contributed by atoms with Crippen molar-refractivity contribution in [2.45, 2.75) is 31.6 Å². The van der Waals surface area contributed by atoms with Gasteiger partial charge in [-0.05, 0) is 6.92 Å². The fourth-order valence-corrected chi connectivity index (χ4v) is 4.99. The summed E-state index contributed by atoms with van der Waals surface area (Å²) in [5.41, 5.74) is 1.50. The maximum absolute atomic E-state index is 13.4. The Balaban J connectivity index is 1.36. The summed E-state index contributed by atoms with van der Waals surface area (Å²) in [6.07, 6.45) is 6.20. The van der Waals surface area contributed by atoms with Crippen LogP contribution in [0.4, 0.5) is 0 Å². The van der Waals surface area contributed by atoms with Crippen molar-refractivity contribution in [2.75, 3.05) is 32.8 Å². The highest BCUT2D eigenvalue weighted by molar-refractivity contribution is 5.93. The summed E-state index contributed by atoms with van der Waals surface area (Å²) in [6, 6.07) is 0. The number of hydrogen-bond donors (Lipinski definition) is 1. The van der Waals surface area contributed by atoms with E-state index in [0.717, 1.165) is 17.7 Å². The highest BCUT2D eigenvalue weighted by Crippen LogP contribution is 2.52. The average molecular weight is 372 g/mol. The third-order valence-electron chi connectivity index (χ3n) is 6.29. The van der Waals surface area contributed by atoms with Crippen molar-refractivity contribution in [2.24, 2.45) is 11.8 Å². The summed E-state index contributed by atoms with van der Waals surface area (Å²) < 4.78 is 11.6. The Hall–Kier alpha value is -2.19. The average Bonchev–Trinajstić information content (AvgIpc) is 3.42. The van der Waals surface area contributed by atoms with Gasteiger partial charge in [0, 0.05) is 43.9 Å². The standard InChI is InChI=1S/C19H24N4O4/c1-2-26-8-7-23-11-19-5-3-14(27-19)15(16(19)18(23)25)17(24)22-6-4-13-12(10-22)9-20-21-13/h3,5,9,14-16H,2,4,6-8,10-11H2,1H3,(H,20,21)/t14-,15-,16+,19-/m0/s1. The molecule has 4 aliphatic heterocycles. The number of nitrogens with zero attached hydrogens (tertiary/aromatic N) is 3. The molecule has 8 heteroatoms. The number of hydrogen-bond acceptors (Lipinski definition) is 5. The molecule has 0 aliphatic carbocycles. The Labute approximate surface area is 157 Å². The second-order valence-electron chi connectivity index (χ2n) is 7.74. The Morgan fingerprint density at radius 1 is 1.52 bits per heavy atom. The van der Waals surface area contributed by atoms with Crippen molar-refractivity contribution in [3.8, 4) is 0 Å². The molecule has 1 aromatic heterocycles. The maximum Gasteiger partial charge on any atom is 0.230 e. The van der Waals surface area contributed by atoms with Gasteiger partial charge in [-0.1, -0.05) is 12.2 Å². The van der Waals surface area contributed by atoms with Gasteiger partial charge in [0.25, 0.3) is 0 Å². The van der Waals surface area contributed by atoms with Crippen LogP contribution in [0.2, 0.25) is 0 Å². The molecule has 1 N–H and O–H groups in total. The van der Waals surface area contributed by atoms with Crippen LogP contribution in [0.15, 0.2) is 18.3 Å². The van der Waals surface area contributed by atoms with Crippen molar-refractivity contribution in [1.82, 2.24) is 20.0 Å². The predicted molar refractivity (Wildman–Crippen MR) is 94.5 cm³/mol. The van der Waals surface area contributed by atoms with Crippen molar-refractivity contribution >= 4 is 11.8 Å². The van der Waals surface area contributed by atoms with E-state index in [1.54, 1.807) is 11.1 Å². The van der Waals surface area contributed by atoms with E-state index >= 15 is 0 Å². The van der Waals surface area contributed by atoms with Crippen LogP contribution in [0.25, 0.3) is 0 Å². The van der Waals surface area contributed by atoms with Crippen LogP contribution < -0.4 is 0 Å². The molecule has 0 unspecified atom stereocenters. The highest BCUT2D eigenvalue weighted by Gasteiger charge is 2.67. The van der Waals surface area contributed by atoms with E-state index in [0.29, 0.717) is 39.4 Å². The summed E-state index contributed by atoms with van der Waals surface area (Å²) in [5, 5.41) is 7.06. The molecule has 4 atom stereocenters. The molecule has 0 saturated carbocycles. The van der Waals surface area contributed by atoms with Gasteiger partial charge in [0.1, 0.15) is 5.60 Å². The van der Waals surface area contributed by atoms with Crippen molar-refractivity contribution in [1.29, 1.82) is 0 Å². The van der Waals surface area contributed by atoms with Gasteiger partial charge in [-0.2, -0.15) is 5.10 Å². The Kier molecular flexibility index (Phi) is 3.87. The van der Waals surface area contributed by atoms with Gasteiger partial charge in [0.15, 0.2) is 0 Å². The monoisotopic (exact) mass is 372 g/mol. The van der Waals surface area contributed by atoms with Crippen LogP contribution in [-0.4, -0.2) is 76.4 Å². The summed E-state index contributed by atoms with van der Waals surface area (Å²) in [7, 11) is 0. The van der Waals surface area contributed by atoms with E-state index in [1.807, 2.05) is 24.0 Å². The molecule has 1 spiro atoms. The second-order valence-corrected chi connectivity index (χ2v) is 7.74. The summed E-state index contributed by atoms with van der Waals surface area (Å²) in [4.78, 5) is 30.1. The van der Waals surface area contributed by atoms with E-state index in [-0.39, 0.29) is 17.9 Å². The fraction of sp³-hybridized carbons (Fsp3) is 0.632. The third-order valence-corrected chi connectivity index (χ3v) is 6.29. The molecule has 2 saturated heterocycles. The Morgan fingerprint density at radius 2 is 2.41 bits per heavy atom. The van der Waals surface area contributed by atoms with E-state index < -0.39 is 17.4 Å². The van der Waals surface area contributed by atoms with Crippen LogP contribution in [0, 0.1) is 11.8 Å². The fourth-order valence-electron chi connectivity index (χ4n) is 4.99. The zero-order chi connectivity index (χ0) is 18.6. The molecule has 4 aliphatic rings. The molecule has 2 amide bonds. The zero-order valence-corrected chi connectivity index (χ0v) is 15.4. The smallest absolute Gasteiger partial charge is 0.230 e. The van der Waals surface area contributed by atoms with Crippen LogP contribution in [-0.2, 0) is 32.0 Å². The number of carbonyl (C=O) groups is 2. The van der Waals surface area contributed by atoms with Crippen molar-refractivity contribution in [3.05, 3.63) is 29.6 Å². The number of ether oxygens (including phenoxy) is 2. The first-order chi connectivity index (χ1) is 13.1. The molecular weight excluding hydrogens is 348 g/mol. The quantitative estimate of drug-likeness (QED) is 0.586. The van der Waals surface area contributed by atoms with Crippen LogP contribution in [0.1, 0.15) is 18.2 Å². The van der Waals surface area contributed by atoms with Crippen molar-refractivity contribution in [3.63, 3.8) is 0 Å². The number of H-pyrrole nitrogens is 1. The van der Waals surface area contributed by atoms with Gasteiger partial charge >= 0.3 is 0 Å². The van der Waals surface area contributed by atoms with Crippen LogP contribution >= 0.6 is 0 Å². The highest BCUT2D eigenvalue weighted by atomic mass is 16.5. The largest absolute Gasteiger partial charge is 0.380 e.